The van der Waals surface area contributed by atoms with Crippen molar-refractivity contribution in [2.24, 2.45) is 4.99 Å². The third kappa shape index (κ3) is 7.66. The van der Waals surface area contributed by atoms with Crippen LogP contribution in [0.1, 0.15) is 25.7 Å². The molecule has 132 valence electrons. The van der Waals surface area contributed by atoms with Crippen LogP contribution in [0, 0.1) is 0 Å². The number of rotatable bonds is 11. The SMILES string of the molecule is O=P(CCCCCCN=C=S)(Oc1ccccc1)Oc1ccccc1. The minimum atomic E-state index is -3.28. The highest BCUT2D eigenvalue weighted by molar-refractivity contribution is 7.78. The Bertz CT molecular complexity index is 672. The summed E-state index contributed by atoms with van der Waals surface area (Å²) in [6.07, 6.45) is 4.02. The van der Waals surface area contributed by atoms with E-state index in [0.717, 1.165) is 25.7 Å². The van der Waals surface area contributed by atoms with Crippen LogP contribution in [0.15, 0.2) is 65.7 Å². The first-order chi connectivity index (χ1) is 12.2. The van der Waals surface area contributed by atoms with Crippen molar-refractivity contribution in [2.45, 2.75) is 25.7 Å². The van der Waals surface area contributed by atoms with Gasteiger partial charge in [0.1, 0.15) is 11.5 Å². The van der Waals surface area contributed by atoms with Crippen LogP contribution in [0.4, 0.5) is 0 Å². The zero-order valence-electron chi connectivity index (χ0n) is 14.0. The van der Waals surface area contributed by atoms with Crippen molar-refractivity contribution in [3.63, 3.8) is 0 Å². The van der Waals surface area contributed by atoms with E-state index in [1.165, 1.54) is 0 Å². The van der Waals surface area contributed by atoms with E-state index in [2.05, 4.69) is 22.4 Å². The Morgan fingerprint density at radius 3 is 1.88 bits per heavy atom. The van der Waals surface area contributed by atoms with Crippen molar-refractivity contribution < 1.29 is 13.6 Å². The maximum Gasteiger partial charge on any atom is 0.430 e. The van der Waals surface area contributed by atoms with Crippen molar-refractivity contribution in [2.75, 3.05) is 12.7 Å². The fraction of sp³-hybridized carbons (Fsp3) is 0.316. The van der Waals surface area contributed by atoms with Gasteiger partial charge in [-0.2, -0.15) is 0 Å². The van der Waals surface area contributed by atoms with Crippen molar-refractivity contribution >= 4 is 25.0 Å². The van der Waals surface area contributed by atoms with Gasteiger partial charge in [0.2, 0.25) is 0 Å². The molecule has 0 heterocycles. The Kier molecular flexibility index (Phi) is 8.41. The first-order valence-electron chi connectivity index (χ1n) is 8.34. The molecular formula is C19H22NO3PS. The van der Waals surface area contributed by atoms with E-state index in [9.17, 15) is 4.57 Å². The van der Waals surface area contributed by atoms with Gasteiger partial charge in [-0.05, 0) is 49.3 Å². The number of isothiocyanates is 1. The summed E-state index contributed by atoms with van der Waals surface area (Å²) in [5.41, 5.74) is 0. The lowest BCUT2D eigenvalue weighted by atomic mass is 10.2. The summed E-state index contributed by atoms with van der Waals surface area (Å²) in [6, 6.07) is 18.3. The van der Waals surface area contributed by atoms with Gasteiger partial charge in [0.15, 0.2) is 0 Å². The monoisotopic (exact) mass is 375 g/mol. The van der Waals surface area contributed by atoms with E-state index < -0.39 is 7.60 Å². The molecule has 0 aromatic heterocycles. The van der Waals surface area contributed by atoms with Crippen LogP contribution < -0.4 is 9.05 Å². The molecule has 0 fully saturated rings. The summed E-state index contributed by atoms with van der Waals surface area (Å²) in [5.74, 6) is 1.11. The Hall–Kier alpha value is -1.93. The number of nitrogens with zero attached hydrogens (tertiary/aromatic N) is 1. The van der Waals surface area contributed by atoms with Crippen molar-refractivity contribution in [1.29, 1.82) is 0 Å². The van der Waals surface area contributed by atoms with Gasteiger partial charge in [-0.15, -0.1) is 0 Å². The lowest BCUT2D eigenvalue weighted by Crippen LogP contribution is -2.05. The molecule has 4 nitrogen and oxygen atoms in total. The quantitative estimate of drug-likeness (QED) is 0.209. The number of thiocarbonyl (C=S) groups is 1. The average molecular weight is 375 g/mol. The molecule has 2 aromatic rings. The van der Waals surface area contributed by atoms with Crippen LogP contribution >= 0.6 is 19.8 Å². The molecule has 0 aliphatic rings. The van der Waals surface area contributed by atoms with Gasteiger partial charge < -0.3 is 9.05 Å². The molecule has 0 aliphatic carbocycles. The summed E-state index contributed by atoms with van der Waals surface area (Å²) in [7, 11) is -3.28. The van der Waals surface area contributed by atoms with Gasteiger partial charge in [-0.3, -0.25) is 0 Å². The van der Waals surface area contributed by atoms with Gasteiger partial charge in [0, 0.05) is 6.54 Å². The van der Waals surface area contributed by atoms with Crippen LogP contribution in [-0.2, 0) is 4.57 Å². The lowest BCUT2D eigenvalue weighted by molar-refractivity contribution is 0.383. The average Bonchev–Trinajstić information content (AvgIpc) is 2.62. The molecule has 0 unspecified atom stereocenters. The maximum absolute atomic E-state index is 13.2. The molecule has 0 spiro atoms. The minimum absolute atomic E-state index is 0.368. The molecule has 0 amide bonds. The fourth-order valence-corrected chi connectivity index (χ4v) is 4.10. The first-order valence-corrected chi connectivity index (χ1v) is 10.5. The molecule has 2 rings (SSSR count). The molecule has 0 atom stereocenters. The predicted octanol–water partition coefficient (Wildman–Crippen LogP) is 6.00. The molecule has 0 saturated heterocycles. The lowest BCUT2D eigenvalue weighted by Gasteiger charge is -2.20. The largest absolute Gasteiger partial charge is 0.430 e. The molecule has 0 saturated carbocycles. The van der Waals surface area contributed by atoms with Gasteiger partial charge in [0.25, 0.3) is 0 Å². The standard InChI is InChI=1S/C19H22NO3PS/c21-24(22-18-11-5-3-6-12-18,23-19-13-7-4-8-14-19)16-10-2-1-9-15-20-17-25/h3-8,11-14H,1-2,9-10,15-16H2. The number of hydrogen-bond acceptors (Lipinski definition) is 5. The Morgan fingerprint density at radius 1 is 0.840 bits per heavy atom. The predicted molar refractivity (Wildman–Crippen MR) is 105 cm³/mol. The van der Waals surface area contributed by atoms with E-state index >= 15 is 0 Å². The molecule has 25 heavy (non-hydrogen) atoms. The second-order valence-electron chi connectivity index (χ2n) is 5.53. The smallest absolute Gasteiger partial charge is 0.416 e. The number of benzene rings is 2. The third-order valence-corrected chi connectivity index (χ3v) is 5.46. The summed E-state index contributed by atoms with van der Waals surface area (Å²) in [4.78, 5) is 3.89. The first kappa shape index (κ1) is 19.4. The van der Waals surface area contributed by atoms with Crippen LogP contribution in [0.2, 0.25) is 0 Å². The highest BCUT2D eigenvalue weighted by Gasteiger charge is 2.27. The van der Waals surface area contributed by atoms with Crippen molar-refractivity contribution in [3.8, 4) is 11.5 Å². The molecule has 2 aromatic carbocycles. The van der Waals surface area contributed by atoms with Gasteiger partial charge in [-0.1, -0.05) is 49.2 Å². The van der Waals surface area contributed by atoms with E-state index in [4.69, 9.17) is 9.05 Å². The van der Waals surface area contributed by atoms with Gasteiger partial charge in [0.05, 0.1) is 11.3 Å². The fourth-order valence-electron chi connectivity index (χ4n) is 2.29. The Balaban J connectivity index is 1.94. The molecule has 0 radical (unpaired) electrons. The van der Waals surface area contributed by atoms with E-state index in [0.29, 0.717) is 24.2 Å². The second-order valence-corrected chi connectivity index (χ2v) is 7.75. The van der Waals surface area contributed by atoms with E-state index in [1.54, 1.807) is 24.3 Å². The van der Waals surface area contributed by atoms with E-state index in [1.807, 2.05) is 36.4 Å². The summed E-state index contributed by atoms with van der Waals surface area (Å²) in [5, 5.41) is 2.36. The number of aliphatic imine (C=N–C) groups is 1. The van der Waals surface area contributed by atoms with Crippen LogP contribution in [0.5, 0.6) is 11.5 Å². The second kappa shape index (κ2) is 10.8. The molecular weight excluding hydrogens is 353 g/mol. The van der Waals surface area contributed by atoms with E-state index in [-0.39, 0.29) is 0 Å². The maximum atomic E-state index is 13.2. The highest BCUT2D eigenvalue weighted by atomic mass is 32.1. The van der Waals surface area contributed by atoms with Crippen molar-refractivity contribution in [1.82, 2.24) is 0 Å². The summed E-state index contributed by atoms with van der Waals surface area (Å²) in [6.45, 7) is 0.697. The molecule has 0 bridgehead atoms. The molecule has 0 aliphatic heterocycles. The number of hydrogen-bond donors (Lipinski definition) is 0. The minimum Gasteiger partial charge on any atom is -0.416 e. The zero-order chi connectivity index (χ0) is 17.8. The third-order valence-electron chi connectivity index (χ3n) is 3.49. The number of para-hydroxylation sites is 2. The van der Waals surface area contributed by atoms with Gasteiger partial charge >= 0.3 is 7.60 Å². The topological polar surface area (TPSA) is 47.9 Å². The molecule has 0 N–H and O–H groups in total. The highest BCUT2D eigenvalue weighted by Crippen LogP contribution is 2.49. The van der Waals surface area contributed by atoms with Gasteiger partial charge in [-0.25, -0.2) is 9.56 Å². The zero-order valence-corrected chi connectivity index (χ0v) is 15.8. The number of unbranched alkanes of at least 4 members (excludes halogenated alkanes) is 3. The normalized spacial score (nSPS) is 10.7. The Labute approximate surface area is 154 Å². The van der Waals surface area contributed by atoms with Crippen LogP contribution in [-0.4, -0.2) is 17.9 Å². The Morgan fingerprint density at radius 2 is 1.36 bits per heavy atom. The summed E-state index contributed by atoms with van der Waals surface area (Å²) >= 11 is 4.54. The molecule has 6 heteroatoms. The van der Waals surface area contributed by atoms with Crippen molar-refractivity contribution in [3.05, 3.63) is 60.7 Å². The van der Waals surface area contributed by atoms with Crippen LogP contribution in [0.25, 0.3) is 0 Å². The summed E-state index contributed by atoms with van der Waals surface area (Å²) < 4.78 is 24.7. The van der Waals surface area contributed by atoms with Crippen LogP contribution in [0.3, 0.4) is 0 Å².